The number of aliphatic hydroxyl groups is 1. The summed E-state index contributed by atoms with van der Waals surface area (Å²) in [6.45, 7) is 1.58. The molecule has 0 aromatic heterocycles. The summed E-state index contributed by atoms with van der Waals surface area (Å²) < 4.78 is 6.25. The number of ether oxygens (including phenoxy) is 1. The third-order valence-corrected chi connectivity index (χ3v) is 3.57. The highest BCUT2D eigenvalue weighted by Crippen LogP contribution is 2.27. The Balaban J connectivity index is 2.20. The molecule has 0 heterocycles. The summed E-state index contributed by atoms with van der Waals surface area (Å²) in [5.74, 6) is -0.857. The Morgan fingerprint density at radius 3 is 2.52 bits per heavy atom. The van der Waals surface area contributed by atoms with Gasteiger partial charge in [0, 0.05) is 4.47 Å². The highest BCUT2D eigenvalue weighted by Gasteiger charge is 2.25. The van der Waals surface area contributed by atoms with Crippen LogP contribution >= 0.6 is 15.9 Å². The lowest BCUT2D eigenvalue weighted by molar-refractivity contribution is 0.00700. The SMILES string of the molecule is CC(O)(COc1cc(Br)ccc1C(=O)O)c1ccccc1. The van der Waals surface area contributed by atoms with Gasteiger partial charge in [-0.25, -0.2) is 4.79 Å². The predicted molar refractivity (Wildman–Crippen MR) is 82.6 cm³/mol. The summed E-state index contributed by atoms with van der Waals surface area (Å²) in [7, 11) is 0. The van der Waals surface area contributed by atoms with E-state index in [-0.39, 0.29) is 17.9 Å². The maximum Gasteiger partial charge on any atom is 0.339 e. The highest BCUT2D eigenvalue weighted by molar-refractivity contribution is 9.10. The van der Waals surface area contributed by atoms with E-state index < -0.39 is 11.6 Å². The van der Waals surface area contributed by atoms with Gasteiger partial charge in [-0.1, -0.05) is 46.3 Å². The smallest absolute Gasteiger partial charge is 0.339 e. The van der Waals surface area contributed by atoms with E-state index in [1.54, 1.807) is 31.2 Å². The van der Waals surface area contributed by atoms with Gasteiger partial charge in [0.2, 0.25) is 0 Å². The molecule has 2 aromatic rings. The zero-order valence-corrected chi connectivity index (χ0v) is 13.0. The van der Waals surface area contributed by atoms with E-state index in [0.29, 0.717) is 10.0 Å². The largest absolute Gasteiger partial charge is 0.489 e. The minimum absolute atomic E-state index is 0.0479. The Morgan fingerprint density at radius 2 is 1.90 bits per heavy atom. The van der Waals surface area contributed by atoms with E-state index in [1.165, 1.54) is 6.07 Å². The van der Waals surface area contributed by atoms with Crippen LogP contribution in [-0.2, 0) is 5.60 Å². The van der Waals surface area contributed by atoms with Gasteiger partial charge < -0.3 is 14.9 Å². The summed E-state index contributed by atoms with van der Waals surface area (Å²) in [5, 5.41) is 19.6. The van der Waals surface area contributed by atoms with Crippen LogP contribution < -0.4 is 4.74 Å². The van der Waals surface area contributed by atoms with Gasteiger partial charge in [-0.3, -0.25) is 0 Å². The van der Waals surface area contributed by atoms with Crippen LogP contribution in [0.5, 0.6) is 5.75 Å². The zero-order chi connectivity index (χ0) is 15.5. The quantitative estimate of drug-likeness (QED) is 0.866. The van der Waals surface area contributed by atoms with Gasteiger partial charge in [0.15, 0.2) is 0 Å². The molecule has 2 N–H and O–H groups in total. The van der Waals surface area contributed by atoms with Crippen LogP contribution in [0, 0.1) is 0 Å². The molecule has 2 rings (SSSR count). The van der Waals surface area contributed by atoms with Crippen molar-refractivity contribution >= 4 is 21.9 Å². The average molecular weight is 351 g/mol. The Labute approximate surface area is 131 Å². The van der Waals surface area contributed by atoms with E-state index >= 15 is 0 Å². The monoisotopic (exact) mass is 350 g/mol. The summed E-state index contributed by atoms with van der Waals surface area (Å²) in [6, 6.07) is 13.8. The van der Waals surface area contributed by atoms with E-state index in [1.807, 2.05) is 18.2 Å². The minimum Gasteiger partial charge on any atom is -0.489 e. The number of carboxylic acids is 1. The topological polar surface area (TPSA) is 66.8 Å². The highest BCUT2D eigenvalue weighted by atomic mass is 79.9. The first kappa shape index (κ1) is 15.5. The second-order valence-electron chi connectivity index (χ2n) is 4.87. The molecule has 0 saturated heterocycles. The number of carbonyl (C=O) groups is 1. The second-order valence-corrected chi connectivity index (χ2v) is 5.79. The van der Waals surface area contributed by atoms with Crippen LogP contribution in [0.25, 0.3) is 0 Å². The molecule has 4 nitrogen and oxygen atoms in total. The lowest BCUT2D eigenvalue weighted by Crippen LogP contribution is -2.29. The number of rotatable bonds is 5. The van der Waals surface area contributed by atoms with Gasteiger partial charge in [0.25, 0.3) is 0 Å². The molecule has 5 heteroatoms. The molecule has 0 spiro atoms. The number of halogens is 1. The van der Waals surface area contributed by atoms with Crippen LogP contribution in [0.15, 0.2) is 53.0 Å². The van der Waals surface area contributed by atoms with Crippen molar-refractivity contribution < 1.29 is 19.7 Å². The van der Waals surface area contributed by atoms with Crippen molar-refractivity contribution in [2.45, 2.75) is 12.5 Å². The van der Waals surface area contributed by atoms with Crippen LogP contribution in [0.3, 0.4) is 0 Å². The van der Waals surface area contributed by atoms with Crippen molar-refractivity contribution in [1.29, 1.82) is 0 Å². The Hall–Kier alpha value is -1.85. The number of hydrogen-bond donors (Lipinski definition) is 2. The first-order valence-corrected chi connectivity index (χ1v) is 7.13. The molecule has 2 aromatic carbocycles. The van der Waals surface area contributed by atoms with Gasteiger partial charge in [0.05, 0.1) is 0 Å². The zero-order valence-electron chi connectivity index (χ0n) is 11.4. The first-order chi connectivity index (χ1) is 9.90. The normalized spacial score (nSPS) is 13.5. The van der Waals surface area contributed by atoms with Gasteiger partial charge in [-0.2, -0.15) is 0 Å². The van der Waals surface area contributed by atoms with Gasteiger partial charge in [0.1, 0.15) is 23.5 Å². The molecule has 0 saturated carbocycles. The molecule has 1 unspecified atom stereocenters. The average Bonchev–Trinajstić information content (AvgIpc) is 2.46. The molecule has 110 valence electrons. The van der Waals surface area contributed by atoms with Crippen LogP contribution in [-0.4, -0.2) is 22.8 Å². The fourth-order valence-electron chi connectivity index (χ4n) is 1.89. The maximum absolute atomic E-state index is 11.2. The van der Waals surface area contributed by atoms with E-state index in [9.17, 15) is 9.90 Å². The molecular formula is C16H15BrO4. The molecular weight excluding hydrogens is 336 g/mol. The molecule has 0 amide bonds. The fraction of sp³-hybridized carbons (Fsp3) is 0.188. The van der Waals surface area contributed by atoms with E-state index in [4.69, 9.17) is 9.84 Å². The van der Waals surface area contributed by atoms with Crippen molar-refractivity contribution in [3.63, 3.8) is 0 Å². The predicted octanol–water partition coefficient (Wildman–Crippen LogP) is 3.43. The van der Waals surface area contributed by atoms with Crippen LogP contribution in [0.1, 0.15) is 22.8 Å². The lowest BCUT2D eigenvalue weighted by atomic mass is 9.97. The van der Waals surface area contributed by atoms with Crippen LogP contribution in [0.2, 0.25) is 0 Å². The molecule has 0 aliphatic heterocycles. The van der Waals surface area contributed by atoms with Crippen LogP contribution in [0.4, 0.5) is 0 Å². The number of hydrogen-bond acceptors (Lipinski definition) is 3. The maximum atomic E-state index is 11.2. The van der Waals surface area contributed by atoms with E-state index in [2.05, 4.69) is 15.9 Å². The Morgan fingerprint density at radius 1 is 1.24 bits per heavy atom. The summed E-state index contributed by atoms with van der Waals surface area (Å²) >= 11 is 3.28. The molecule has 1 atom stereocenters. The van der Waals surface area contributed by atoms with Gasteiger partial charge >= 0.3 is 5.97 Å². The van der Waals surface area contributed by atoms with Crippen molar-refractivity contribution in [1.82, 2.24) is 0 Å². The lowest BCUT2D eigenvalue weighted by Gasteiger charge is -2.24. The standard InChI is InChI=1S/C16H15BrO4/c1-16(20,11-5-3-2-4-6-11)10-21-14-9-12(17)7-8-13(14)15(18)19/h2-9,20H,10H2,1H3,(H,18,19). The Kier molecular flexibility index (Phi) is 4.65. The molecule has 0 radical (unpaired) electrons. The van der Waals surface area contributed by atoms with Crippen molar-refractivity contribution in [3.8, 4) is 5.75 Å². The molecule has 0 aliphatic carbocycles. The van der Waals surface area contributed by atoms with Crippen molar-refractivity contribution in [2.24, 2.45) is 0 Å². The molecule has 0 fully saturated rings. The number of aromatic carboxylic acids is 1. The minimum atomic E-state index is -1.21. The molecule has 0 aliphatic rings. The number of carboxylic acid groups (broad SMARTS) is 1. The third-order valence-electron chi connectivity index (χ3n) is 3.08. The summed E-state index contributed by atoms with van der Waals surface area (Å²) in [4.78, 5) is 11.2. The van der Waals surface area contributed by atoms with E-state index in [0.717, 1.165) is 0 Å². The molecule has 21 heavy (non-hydrogen) atoms. The van der Waals surface area contributed by atoms with Crippen molar-refractivity contribution in [3.05, 3.63) is 64.1 Å². The second kappa shape index (κ2) is 6.28. The summed E-state index contributed by atoms with van der Waals surface area (Å²) in [6.07, 6.45) is 0. The summed E-state index contributed by atoms with van der Waals surface area (Å²) in [5.41, 5.74) is -0.446. The number of benzene rings is 2. The Bertz CT molecular complexity index is 638. The first-order valence-electron chi connectivity index (χ1n) is 6.34. The van der Waals surface area contributed by atoms with Gasteiger partial charge in [-0.15, -0.1) is 0 Å². The third kappa shape index (κ3) is 3.83. The molecule has 0 bridgehead atoms. The fourth-order valence-corrected chi connectivity index (χ4v) is 2.23. The van der Waals surface area contributed by atoms with Gasteiger partial charge in [-0.05, 0) is 30.7 Å². The van der Waals surface area contributed by atoms with Crippen molar-refractivity contribution in [2.75, 3.05) is 6.61 Å².